The van der Waals surface area contributed by atoms with Crippen molar-refractivity contribution in [1.82, 2.24) is 19.8 Å². The zero-order valence-corrected chi connectivity index (χ0v) is 37.4. The summed E-state index contributed by atoms with van der Waals surface area (Å²) < 4.78 is 41.5. The molecule has 2 fully saturated rings. The Morgan fingerprint density at radius 2 is 1.75 bits per heavy atom. The van der Waals surface area contributed by atoms with Gasteiger partial charge in [0.25, 0.3) is 21.6 Å². The molecule has 0 spiro atoms. The molecular formula is C47H54ClN7O7S. The summed E-state index contributed by atoms with van der Waals surface area (Å²) in [6.07, 6.45) is 8.71. The van der Waals surface area contributed by atoms with Gasteiger partial charge in [-0.05, 0) is 116 Å². The van der Waals surface area contributed by atoms with E-state index in [1.54, 1.807) is 43.6 Å². The van der Waals surface area contributed by atoms with Gasteiger partial charge in [-0.25, -0.2) is 13.1 Å². The number of sulfonamides is 1. The number of nitro groups is 1. The number of hydrogen-bond acceptors (Lipinski definition) is 11. The lowest BCUT2D eigenvalue weighted by molar-refractivity contribution is -0.384. The van der Waals surface area contributed by atoms with Crippen LogP contribution in [0.5, 0.6) is 11.5 Å². The molecule has 8 rings (SSSR count). The SMILES string of the molecule is CO[C@H]1CC[C@H](CNc2ccc(S(=O)(=O)NC(=O)c3ccc(N4CCN(CC5=C(c6ccc(Cl)cc6)CC(C)(C)CC5)CC4)cc3Oc3cccc4[nH]ncc34)cc2[N+](=O)[O-])CC1. The van der Waals surface area contributed by atoms with Crippen LogP contribution in [0.3, 0.4) is 0 Å². The first-order valence-electron chi connectivity index (χ1n) is 21.6. The van der Waals surface area contributed by atoms with Crippen molar-refractivity contribution in [2.75, 3.05) is 56.6 Å². The number of methoxy groups -OCH3 is 1. The predicted molar refractivity (Wildman–Crippen MR) is 246 cm³/mol. The van der Waals surface area contributed by atoms with Crippen LogP contribution in [0.2, 0.25) is 5.02 Å². The topological polar surface area (TPSA) is 172 Å². The first kappa shape index (κ1) is 44.1. The molecule has 1 saturated carbocycles. The lowest BCUT2D eigenvalue weighted by atomic mass is 9.72. The predicted octanol–water partition coefficient (Wildman–Crippen LogP) is 9.44. The minimum absolute atomic E-state index is 0.0284. The Balaban J connectivity index is 0.998. The van der Waals surface area contributed by atoms with E-state index in [1.165, 1.54) is 28.8 Å². The van der Waals surface area contributed by atoms with Crippen molar-refractivity contribution in [2.24, 2.45) is 11.3 Å². The van der Waals surface area contributed by atoms with Gasteiger partial charge in [-0.2, -0.15) is 5.10 Å². The number of anilines is 2. The van der Waals surface area contributed by atoms with Gasteiger partial charge in [0.2, 0.25) is 0 Å². The molecule has 2 aliphatic carbocycles. The van der Waals surface area contributed by atoms with Crippen LogP contribution in [-0.2, 0) is 14.8 Å². The molecule has 63 heavy (non-hydrogen) atoms. The molecule has 16 heteroatoms. The molecule has 1 aliphatic heterocycles. The molecule has 1 saturated heterocycles. The lowest BCUT2D eigenvalue weighted by Gasteiger charge is -2.39. The van der Waals surface area contributed by atoms with Crippen molar-refractivity contribution >= 4 is 61.1 Å². The maximum Gasteiger partial charge on any atom is 0.293 e. The summed E-state index contributed by atoms with van der Waals surface area (Å²) in [5.41, 5.74) is 5.65. The number of nitro benzene ring substituents is 1. The van der Waals surface area contributed by atoms with Gasteiger partial charge in [-0.3, -0.25) is 24.9 Å². The largest absolute Gasteiger partial charge is 0.456 e. The highest BCUT2D eigenvalue weighted by Gasteiger charge is 2.31. The number of H-pyrrole nitrogens is 1. The molecule has 14 nitrogen and oxygen atoms in total. The lowest BCUT2D eigenvalue weighted by Crippen LogP contribution is -2.47. The third-order valence-corrected chi connectivity index (χ3v) is 14.4. The maximum absolute atomic E-state index is 14.0. The molecule has 1 aromatic heterocycles. The first-order valence-corrected chi connectivity index (χ1v) is 23.4. The summed E-state index contributed by atoms with van der Waals surface area (Å²) >= 11 is 6.25. The number of ether oxygens (including phenoxy) is 2. The molecule has 1 amide bonds. The van der Waals surface area contributed by atoms with Crippen molar-refractivity contribution in [3.8, 4) is 11.5 Å². The van der Waals surface area contributed by atoms with E-state index >= 15 is 0 Å². The highest BCUT2D eigenvalue weighted by Crippen LogP contribution is 2.44. The number of rotatable bonds is 14. The second-order valence-electron chi connectivity index (χ2n) is 17.7. The molecule has 5 aromatic rings. The Bertz CT molecular complexity index is 2620. The van der Waals surface area contributed by atoms with Crippen molar-refractivity contribution in [2.45, 2.75) is 69.8 Å². The van der Waals surface area contributed by atoms with E-state index in [9.17, 15) is 23.3 Å². The number of benzene rings is 4. The van der Waals surface area contributed by atoms with Crippen LogP contribution in [0.1, 0.15) is 74.7 Å². The monoisotopic (exact) mass is 895 g/mol. The van der Waals surface area contributed by atoms with Gasteiger partial charge in [0.1, 0.15) is 17.2 Å². The summed E-state index contributed by atoms with van der Waals surface area (Å²) in [6.45, 7) is 9.15. The van der Waals surface area contributed by atoms with Crippen molar-refractivity contribution in [1.29, 1.82) is 0 Å². The average Bonchev–Trinajstić information content (AvgIpc) is 3.77. The Morgan fingerprint density at radius 1 is 0.984 bits per heavy atom. The molecule has 332 valence electrons. The number of piperazine rings is 1. The Hall–Kier alpha value is -5.48. The standard InChI is InChI=1S/C47H54ClN7O7S/c1-47(2)20-19-33(39(27-47)32-9-11-34(48)12-10-32)30-53-21-23-54(24-22-53)35-13-17-38(45(25-35)62-44-6-4-5-41-40(44)29-50-51-41)46(56)52-63(59,60)37-16-18-42(43(26-37)55(57)58)49-28-31-7-14-36(61-3)15-8-31/h4-6,9-13,16-18,25-26,29,31,36,49H,7-8,14-15,19-24,27-28,30H2,1-3H3,(H,50,51)(H,52,56)/t31-,36-. The second kappa shape index (κ2) is 18.7. The maximum atomic E-state index is 14.0. The van der Waals surface area contributed by atoms with Crippen LogP contribution in [0.25, 0.3) is 16.5 Å². The number of carbonyl (C=O) groups is 1. The van der Waals surface area contributed by atoms with Gasteiger partial charge in [0, 0.05) is 69.2 Å². The zero-order chi connectivity index (χ0) is 44.3. The minimum atomic E-state index is -4.56. The molecule has 0 radical (unpaired) electrons. The van der Waals surface area contributed by atoms with Crippen molar-refractivity contribution in [3.05, 3.63) is 117 Å². The van der Waals surface area contributed by atoms with E-state index in [2.05, 4.69) is 56.0 Å². The van der Waals surface area contributed by atoms with Crippen molar-refractivity contribution in [3.63, 3.8) is 0 Å². The van der Waals surface area contributed by atoms with Crippen LogP contribution in [-0.4, -0.2) is 86.8 Å². The van der Waals surface area contributed by atoms with Crippen LogP contribution in [0.4, 0.5) is 17.1 Å². The molecule has 3 N–H and O–H groups in total. The van der Waals surface area contributed by atoms with E-state index in [0.717, 1.165) is 100.0 Å². The smallest absolute Gasteiger partial charge is 0.293 e. The molecule has 2 heterocycles. The molecule has 3 aliphatic rings. The molecule has 0 bridgehead atoms. The average molecular weight is 897 g/mol. The summed E-state index contributed by atoms with van der Waals surface area (Å²) in [7, 11) is -2.86. The van der Waals surface area contributed by atoms with Crippen LogP contribution in [0, 0.1) is 21.4 Å². The van der Waals surface area contributed by atoms with E-state index in [-0.39, 0.29) is 28.5 Å². The quantitative estimate of drug-likeness (QED) is 0.0716. The Morgan fingerprint density at radius 3 is 2.48 bits per heavy atom. The van der Waals surface area contributed by atoms with Crippen LogP contribution in [0.15, 0.2) is 95.5 Å². The highest BCUT2D eigenvalue weighted by molar-refractivity contribution is 7.90. The molecule has 0 unspecified atom stereocenters. The summed E-state index contributed by atoms with van der Waals surface area (Å²) in [6, 6.07) is 22.3. The van der Waals surface area contributed by atoms with E-state index in [1.807, 2.05) is 18.2 Å². The number of fused-ring (bicyclic) bond motifs is 1. The number of hydrogen-bond donors (Lipinski definition) is 3. The number of carbonyl (C=O) groups excluding carboxylic acids is 1. The fourth-order valence-electron chi connectivity index (χ4n) is 9.07. The van der Waals surface area contributed by atoms with Gasteiger partial charge >= 0.3 is 0 Å². The number of nitrogens with zero attached hydrogens (tertiary/aromatic N) is 4. The summed E-state index contributed by atoms with van der Waals surface area (Å²) in [5.74, 6) is -0.0776. The minimum Gasteiger partial charge on any atom is -0.456 e. The van der Waals surface area contributed by atoms with Crippen LogP contribution < -0.4 is 19.7 Å². The van der Waals surface area contributed by atoms with Gasteiger partial charge < -0.3 is 19.7 Å². The first-order chi connectivity index (χ1) is 30.2. The number of aromatic nitrogens is 2. The number of amides is 1. The van der Waals surface area contributed by atoms with Crippen LogP contribution >= 0.6 is 11.6 Å². The highest BCUT2D eigenvalue weighted by atomic mass is 35.5. The third kappa shape index (κ3) is 10.3. The number of halogens is 1. The third-order valence-electron chi connectivity index (χ3n) is 12.8. The zero-order valence-electron chi connectivity index (χ0n) is 35.9. The van der Waals surface area contributed by atoms with E-state index in [4.69, 9.17) is 21.1 Å². The fraction of sp³-hybridized carbons (Fsp3) is 0.404. The van der Waals surface area contributed by atoms with E-state index in [0.29, 0.717) is 23.6 Å². The van der Waals surface area contributed by atoms with Gasteiger partial charge in [0.15, 0.2) is 0 Å². The van der Waals surface area contributed by atoms with Gasteiger partial charge in [-0.15, -0.1) is 0 Å². The summed E-state index contributed by atoms with van der Waals surface area (Å²) in [5, 5.41) is 23.8. The molecular weight excluding hydrogens is 842 g/mol. The number of allylic oxidation sites excluding steroid dienone is 1. The number of aromatic amines is 1. The van der Waals surface area contributed by atoms with Gasteiger partial charge in [0.05, 0.1) is 38.6 Å². The fourth-order valence-corrected chi connectivity index (χ4v) is 10.2. The Kier molecular flexibility index (Phi) is 13.1. The normalized spacial score (nSPS) is 19.5. The van der Waals surface area contributed by atoms with Crippen molar-refractivity contribution < 1.29 is 27.6 Å². The van der Waals surface area contributed by atoms with Gasteiger partial charge in [-0.1, -0.05) is 49.2 Å². The molecule has 0 atom stereocenters. The molecule has 4 aromatic carbocycles. The number of nitrogens with one attached hydrogen (secondary N) is 3. The summed E-state index contributed by atoms with van der Waals surface area (Å²) in [4.78, 5) is 29.8. The van der Waals surface area contributed by atoms with E-state index < -0.39 is 31.4 Å². The second-order valence-corrected chi connectivity index (χ2v) is 19.8. The Labute approximate surface area is 373 Å².